The fraction of sp³-hybridized carbons (Fsp3) is 0.250. The van der Waals surface area contributed by atoms with Gasteiger partial charge in [0, 0.05) is 17.7 Å². The lowest BCUT2D eigenvalue weighted by molar-refractivity contribution is -0.118. The SMILES string of the molecule is COC1=CC2(C)OC(=O)c3c(O)cc(OC)cc3C2=C(O)C1=O. The Bertz CT molecular complexity index is 803. The molecule has 0 fully saturated rings. The molecular formula is C16H14O7. The lowest BCUT2D eigenvalue weighted by Crippen LogP contribution is -2.41. The number of phenolic OH excluding ortho intramolecular Hbond substituents is 1. The predicted octanol–water partition coefficient (Wildman–Crippen LogP) is 1.71. The molecule has 1 aromatic carbocycles. The monoisotopic (exact) mass is 318 g/mol. The van der Waals surface area contributed by atoms with Crippen molar-refractivity contribution in [1.29, 1.82) is 0 Å². The molecule has 2 N–H and O–H groups in total. The molecule has 7 heteroatoms. The Kier molecular flexibility index (Phi) is 3.10. The minimum atomic E-state index is -1.40. The molecule has 0 bridgehead atoms. The number of aliphatic hydroxyl groups excluding tert-OH is 1. The number of methoxy groups -OCH3 is 2. The molecule has 0 aromatic heterocycles. The average Bonchev–Trinajstić information content (AvgIpc) is 2.49. The molecule has 1 heterocycles. The van der Waals surface area contributed by atoms with Gasteiger partial charge in [-0.3, -0.25) is 4.79 Å². The normalized spacial score (nSPS) is 22.8. The van der Waals surface area contributed by atoms with Gasteiger partial charge in [-0.05, 0) is 13.0 Å². The lowest BCUT2D eigenvalue weighted by atomic mass is 9.79. The number of hydrogen-bond acceptors (Lipinski definition) is 7. The Hall–Kier alpha value is -2.96. The van der Waals surface area contributed by atoms with Crippen LogP contribution < -0.4 is 4.74 Å². The minimum absolute atomic E-state index is 0.0760. The molecule has 0 radical (unpaired) electrons. The summed E-state index contributed by atoms with van der Waals surface area (Å²) in [6.07, 6.45) is 1.32. The summed E-state index contributed by atoms with van der Waals surface area (Å²) in [5.74, 6) is -2.33. The first kappa shape index (κ1) is 15.0. The van der Waals surface area contributed by atoms with Crippen molar-refractivity contribution in [3.05, 3.63) is 40.9 Å². The van der Waals surface area contributed by atoms with Crippen LogP contribution in [0.1, 0.15) is 22.8 Å². The highest BCUT2D eigenvalue weighted by molar-refractivity contribution is 6.16. The number of rotatable bonds is 2. The quantitative estimate of drug-likeness (QED) is 0.800. The van der Waals surface area contributed by atoms with Crippen molar-refractivity contribution < 1.29 is 34.0 Å². The van der Waals surface area contributed by atoms with Gasteiger partial charge in [0.15, 0.2) is 17.1 Å². The second kappa shape index (κ2) is 4.77. The number of aliphatic hydroxyl groups is 1. The zero-order valence-corrected chi connectivity index (χ0v) is 12.7. The molecule has 1 aliphatic heterocycles. The number of esters is 1. The highest BCUT2D eigenvalue weighted by atomic mass is 16.6. The second-order valence-electron chi connectivity index (χ2n) is 5.33. The topological polar surface area (TPSA) is 102 Å². The summed E-state index contributed by atoms with van der Waals surface area (Å²) in [7, 11) is 2.67. The number of phenols is 1. The van der Waals surface area contributed by atoms with Crippen molar-refractivity contribution in [3.63, 3.8) is 0 Å². The number of benzene rings is 1. The molecule has 23 heavy (non-hydrogen) atoms. The van der Waals surface area contributed by atoms with Crippen molar-refractivity contribution >= 4 is 17.3 Å². The van der Waals surface area contributed by atoms with E-state index in [2.05, 4.69) is 0 Å². The van der Waals surface area contributed by atoms with Crippen LogP contribution in [0.3, 0.4) is 0 Å². The van der Waals surface area contributed by atoms with E-state index in [1.807, 2.05) is 0 Å². The van der Waals surface area contributed by atoms with Crippen molar-refractivity contribution in [2.75, 3.05) is 14.2 Å². The molecule has 3 rings (SSSR count). The van der Waals surface area contributed by atoms with E-state index >= 15 is 0 Å². The van der Waals surface area contributed by atoms with E-state index in [0.717, 1.165) is 0 Å². The van der Waals surface area contributed by atoms with Gasteiger partial charge in [0.25, 0.3) is 5.78 Å². The van der Waals surface area contributed by atoms with E-state index in [1.165, 1.54) is 39.4 Å². The molecule has 1 atom stereocenters. The number of Topliss-reactive ketones (excluding diaryl/α,β-unsaturated/α-hetero) is 1. The molecule has 1 aromatic rings. The van der Waals surface area contributed by atoms with E-state index in [1.54, 1.807) is 0 Å². The lowest BCUT2D eigenvalue weighted by Gasteiger charge is -2.37. The molecule has 0 amide bonds. The highest BCUT2D eigenvalue weighted by Gasteiger charge is 2.48. The number of carbonyl (C=O) groups excluding carboxylic acids is 2. The van der Waals surface area contributed by atoms with Crippen molar-refractivity contribution in [1.82, 2.24) is 0 Å². The molecule has 120 valence electrons. The van der Waals surface area contributed by atoms with Crippen LogP contribution in [0.5, 0.6) is 11.5 Å². The fourth-order valence-electron chi connectivity index (χ4n) is 2.85. The number of fused-ring (bicyclic) bond motifs is 3. The second-order valence-corrected chi connectivity index (χ2v) is 5.33. The van der Waals surface area contributed by atoms with Crippen molar-refractivity contribution in [2.24, 2.45) is 0 Å². The van der Waals surface area contributed by atoms with Gasteiger partial charge < -0.3 is 24.4 Å². The van der Waals surface area contributed by atoms with Gasteiger partial charge in [-0.1, -0.05) is 0 Å². The van der Waals surface area contributed by atoms with Gasteiger partial charge in [0.2, 0.25) is 0 Å². The average molecular weight is 318 g/mol. The van der Waals surface area contributed by atoms with Crippen LogP contribution in [0.15, 0.2) is 29.7 Å². The summed E-state index contributed by atoms with van der Waals surface area (Å²) in [4.78, 5) is 24.4. The Morgan fingerprint density at radius 1 is 1.13 bits per heavy atom. The first-order chi connectivity index (χ1) is 10.8. The summed E-state index contributed by atoms with van der Waals surface area (Å²) >= 11 is 0. The zero-order valence-electron chi connectivity index (χ0n) is 12.7. The Balaban J connectivity index is 2.35. The Morgan fingerprint density at radius 2 is 1.83 bits per heavy atom. The maximum Gasteiger partial charge on any atom is 0.343 e. The van der Waals surface area contributed by atoms with Crippen LogP contribution in [0.2, 0.25) is 0 Å². The van der Waals surface area contributed by atoms with Gasteiger partial charge in [-0.25, -0.2) is 4.79 Å². The van der Waals surface area contributed by atoms with Crippen LogP contribution in [-0.4, -0.2) is 41.8 Å². The standard InChI is InChI=1S/C16H14O7/c1-16-6-10(22-3)13(18)14(19)12(16)8-4-7(21-2)5-9(17)11(8)15(20)23-16/h4-6,17,19H,1-3H3. The minimum Gasteiger partial charge on any atom is -0.507 e. The Labute approximate surface area is 131 Å². The number of aromatic hydroxyl groups is 1. The molecule has 1 aliphatic carbocycles. The third kappa shape index (κ3) is 1.97. The maximum absolute atomic E-state index is 12.3. The van der Waals surface area contributed by atoms with Crippen molar-refractivity contribution in [3.8, 4) is 11.5 Å². The van der Waals surface area contributed by atoms with E-state index < -0.39 is 23.1 Å². The van der Waals surface area contributed by atoms with Crippen LogP contribution in [0.25, 0.3) is 5.57 Å². The molecule has 7 nitrogen and oxygen atoms in total. The van der Waals surface area contributed by atoms with Crippen LogP contribution >= 0.6 is 0 Å². The van der Waals surface area contributed by atoms with Gasteiger partial charge in [-0.2, -0.15) is 0 Å². The molecule has 0 spiro atoms. The first-order valence-corrected chi connectivity index (χ1v) is 6.72. The third-order valence-corrected chi connectivity index (χ3v) is 3.90. The maximum atomic E-state index is 12.3. The van der Waals surface area contributed by atoms with Crippen molar-refractivity contribution in [2.45, 2.75) is 12.5 Å². The number of ether oxygens (including phenoxy) is 3. The van der Waals surface area contributed by atoms with E-state index in [0.29, 0.717) is 0 Å². The summed E-state index contributed by atoms with van der Waals surface area (Å²) in [6.45, 7) is 1.52. The van der Waals surface area contributed by atoms with Crippen LogP contribution in [-0.2, 0) is 14.3 Å². The van der Waals surface area contributed by atoms with Crippen LogP contribution in [0.4, 0.5) is 0 Å². The smallest absolute Gasteiger partial charge is 0.343 e. The predicted molar refractivity (Wildman–Crippen MR) is 78.1 cm³/mol. The van der Waals surface area contributed by atoms with E-state index in [4.69, 9.17) is 14.2 Å². The summed E-state index contributed by atoms with van der Waals surface area (Å²) in [5.41, 5.74) is -1.27. The molecular weight excluding hydrogens is 304 g/mol. The molecule has 0 saturated heterocycles. The van der Waals surface area contributed by atoms with E-state index in [-0.39, 0.29) is 34.0 Å². The Morgan fingerprint density at radius 3 is 2.43 bits per heavy atom. The molecule has 2 aliphatic rings. The van der Waals surface area contributed by atoms with Gasteiger partial charge in [0.05, 0.1) is 19.8 Å². The van der Waals surface area contributed by atoms with Gasteiger partial charge in [-0.15, -0.1) is 0 Å². The fourth-order valence-corrected chi connectivity index (χ4v) is 2.85. The summed E-state index contributed by atoms with van der Waals surface area (Å²) in [6, 6.07) is 2.71. The number of hydrogen-bond donors (Lipinski definition) is 2. The van der Waals surface area contributed by atoms with E-state index in [9.17, 15) is 19.8 Å². The number of ketones is 1. The first-order valence-electron chi connectivity index (χ1n) is 6.72. The molecule has 1 unspecified atom stereocenters. The van der Waals surface area contributed by atoms with Gasteiger partial charge >= 0.3 is 5.97 Å². The summed E-state index contributed by atoms with van der Waals surface area (Å²) in [5, 5.41) is 20.4. The largest absolute Gasteiger partial charge is 0.507 e. The summed E-state index contributed by atoms with van der Waals surface area (Å²) < 4.78 is 15.3. The van der Waals surface area contributed by atoms with Crippen LogP contribution in [0, 0.1) is 0 Å². The van der Waals surface area contributed by atoms with Gasteiger partial charge in [0.1, 0.15) is 17.1 Å². The molecule has 0 saturated carbocycles. The highest BCUT2D eigenvalue weighted by Crippen LogP contribution is 2.47. The third-order valence-electron chi connectivity index (χ3n) is 3.90. The number of carbonyl (C=O) groups is 2. The zero-order chi connectivity index (χ0) is 16.9.